The van der Waals surface area contributed by atoms with Crippen LogP contribution in [0.15, 0.2) is 206 Å². The molecule has 12 rings (SSSR count). The SMILES string of the molecule is CC1(C)c2ccccc2-c2ccc3c4cc(-c5ccc6c(c5)c5ccccc5n6-c5cccc(-c6ccccc6)c5)ccc4n(-c4ccc(-c5ccccc5)cc4)c3c21. The Bertz CT molecular complexity index is 3440. The maximum Gasteiger partial charge on any atom is 0.0588 e. The summed E-state index contributed by atoms with van der Waals surface area (Å²) in [5, 5.41) is 5.05. The highest BCUT2D eigenvalue weighted by Gasteiger charge is 2.38. The van der Waals surface area contributed by atoms with Gasteiger partial charge in [-0.25, -0.2) is 0 Å². The molecule has 0 atom stereocenters. The Hall–Kier alpha value is -7.42. The van der Waals surface area contributed by atoms with E-state index in [0.717, 1.165) is 5.69 Å². The monoisotopic (exact) mass is 752 g/mol. The van der Waals surface area contributed by atoms with Crippen molar-refractivity contribution in [3.63, 3.8) is 0 Å². The number of fused-ring (bicyclic) bond motifs is 10. The quantitative estimate of drug-likeness (QED) is 0.166. The Balaban J connectivity index is 1.05. The van der Waals surface area contributed by atoms with Gasteiger partial charge in [-0.05, 0) is 110 Å². The molecule has 2 nitrogen and oxygen atoms in total. The minimum absolute atomic E-state index is 0.162. The number of rotatable bonds is 5. The minimum Gasteiger partial charge on any atom is -0.309 e. The van der Waals surface area contributed by atoms with Gasteiger partial charge >= 0.3 is 0 Å². The average molecular weight is 753 g/mol. The van der Waals surface area contributed by atoms with Crippen LogP contribution in [0.4, 0.5) is 0 Å². The molecule has 2 aromatic heterocycles. The first-order valence-corrected chi connectivity index (χ1v) is 20.6. The van der Waals surface area contributed by atoms with Crippen LogP contribution in [0.2, 0.25) is 0 Å². The fourth-order valence-corrected chi connectivity index (χ4v) is 10.1. The normalized spacial score (nSPS) is 13.1. The van der Waals surface area contributed by atoms with E-state index in [2.05, 4.69) is 229 Å². The summed E-state index contributed by atoms with van der Waals surface area (Å²) in [6.45, 7) is 4.79. The van der Waals surface area contributed by atoms with E-state index < -0.39 is 0 Å². The zero-order valence-corrected chi connectivity index (χ0v) is 33.0. The Morgan fingerprint density at radius 1 is 0.322 bits per heavy atom. The molecule has 2 heterocycles. The van der Waals surface area contributed by atoms with Crippen LogP contribution in [-0.4, -0.2) is 9.13 Å². The summed E-state index contributed by atoms with van der Waals surface area (Å²) in [6.07, 6.45) is 0. The summed E-state index contributed by atoms with van der Waals surface area (Å²) >= 11 is 0. The molecule has 1 aliphatic carbocycles. The summed E-state index contributed by atoms with van der Waals surface area (Å²) < 4.78 is 4.94. The third-order valence-electron chi connectivity index (χ3n) is 12.9. The summed E-state index contributed by atoms with van der Waals surface area (Å²) in [5.41, 5.74) is 19.8. The topological polar surface area (TPSA) is 9.86 Å². The molecular formula is C57H40N2. The molecule has 9 aromatic carbocycles. The number of para-hydroxylation sites is 1. The van der Waals surface area contributed by atoms with Gasteiger partial charge in [-0.1, -0.05) is 166 Å². The van der Waals surface area contributed by atoms with Crippen LogP contribution < -0.4 is 0 Å². The second-order valence-electron chi connectivity index (χ2n) is 16.5. The van der Waals surface area contributed by atoms with Crippen molar-refractivity contribution in [1.82, 2.24) is 9.13 Å². The van der Waals surface area contributed by atoms with Gasteiger partial charge in [-0.3, -0.25) is 0 Å². The zero-order chi connectivity index (χ0) is 39.2. The number of hydrogen-bond donors (Lipinski definition) is 0. The van der Waals surface area contributed by atoms with Crippen molar-refractivity contribution in [1.29, 1.82) is 0 Å². The molecule has 0 bridgehead atoms. The van der Waals surface area contributed by atoms with Crippen molar-refractivity contribution >= 4 is 43.6 Å². The molecule has 278 valence electrons. The lowest BCUT2D eigenvalue weighted by Gasteiger charge is -2.23. The van der Waals surface area contributed by atoms with Crippen LogP contribution in [0.5, 0.6) is 0 Å². The van der Waals surface area contributed by atoms with Crippen molar-refractivity contribution < 1.29 is 0 Å². The van der Waals surface area contributed by atoms with E-state index in [1.165, 1.54) is 105 Å². The Morgan fingerprint density at radius 2 is 0.864 bits per heavy atom. The third kappa shape index (κ3) is 5.06. The number of nitrogens with zero attached hydrogens (tertiary/aromatic N) is 2. The van der Waals surface area contributed by atoms with Crippen LogP contribution in [0.3, 0.4) is 0 Å². The first-order chi connectivity index (χ1) is 29.0. The summed E-state index contributed by atoms with van der Waals surface area (Å²) in [5.74, 6) is 0. The molecule has 0 fully saturated rings. The summed E-state index contributed by atoms with van der Waals surface area (Å²) in [4.78, 5) is 0. The van der Waals surface area contributed by atoms with E-state index in [9.17, 15) is 0 Å². The van der Waals surface area contributed by atoms with Gasteiger partial charge in [0.25, 0.3) is 0 Å². The Morgan fingerprint density at radius 3 is 1.61 bits per heavy atom. The molecule has 0 unspecified atom stereocenters. The maximum atomic E-state index is 2.52. The molecule has 2 heteroatoms. The first kappa shape index (κ1) is 33.7. The molecule has 11 aromatic rings. The fourth-order valence-electron chi connectivity index (χ4n) is 10.1. The van der Waals surface area contributed by atoms with E-state index in [1.54, 1.807) is 0 Å². The van der Waals surface area contributed by atoms with Crippen molar-refractivity contribution in [3.8, 4) is 55.9 Å². The zero-order valence-electron chi connectivity index (χ0n) is 33.0. The number of hydrogen-bond acceptors (Lipinski definition) is 0. The van der Waals surface area contributed by atoms with E-state index in [4.69, 9.17) is 0 Å². The number of aromatic nitrogens is 2. The molecule has 0 amide bonds. The molecule has 0 aliphatic heterocycles. The first-order valence-electron chi connectivity index (χ1n) is 20.6. The predicted molar refractivity (Wildman–Crippen MR) is 249 cm³/mol. The van der Waals surface area contributed by atoms with Gasteiger partial charge in [0.2, 0.25) is 0 Å². The molecule has 1 aliphatic rings. The highest BCUT2D eigenvalue weighted by atomic mass is 15.0. The average Bonchev–Trinajstić information content (AvgIpc) is 3.89. The Kier molecular flexibility index (Phi) is 7.31. The van der Waals surface area contributed by atoms with Gasteiger partial charge in [-0.2, -0.15) is 0 Å². The lowest BCUT2D eigenvalue weighted by molar-refractivity contribution is 0.664. The van der Waals surface area contributed by atoms with Crippen LogP contribution in [-0.2, 0) is 5.41 Å². The van der Waals surface area contributed by atoms with Crippen LogP contribution in [0.1, 0.15) is 25.0 Å². The second kappa shape index (κ2) is 12.8. The summed E-state index contributed by atoms with van der Waals surface area (Å²) in [7, 11) is 0. The van der Waals surface area contributed by atoms with Gasteiger partial charge < -0.3 is 9.13 Å². The molecular weight excluding hydrogens is 713 g/mol. The smallest absolute Gasteiger partial charge is 0.0588 e. The van der Waals surface area contributed by atoms with E-state index in [0.29, 0.717) is 0 Å². The highest BCUT2D eigenvalue weighted by Crippen LogP contribution is 2.53. The Labute approximate surface area is 343 Å². The maximum absolute atomic E-state index is 2.52. The van der Waals surface area contributed by atoms with Crippen molar-refractivity contribution in [2.24, 2.45) is 0 Å². The number of benzene rings is 9. The van der Waals surface area contributed by atoms with Gasteiger partial charge in [-0.15, -0.1) is 0 Å². The fraction of sp³-hybridized carbons (Fsp3) is 0.0526. The van der Waals surface area contributed by atoms with E-state index >= 15 is 0 Å². The third-order valence-corrected chi connectivity index (χ3v) is 12.9. The second-order valence-corrected chi connectivity index (χ2v) is 16.5. The van der Waals surface area contributed by atoms with Gasteiger partial charge in [0.1, 0.15) is 0 Å². The van der Waals surface area contributed by atoms with Crippen LogP contribution in [0.25, 0.3) is 99.5 Å². The van der Waals surface area contributed by atoms with Gasteiger partial charge in [0, 0.05) is 38.3 Å². The van der Waals surface area contributed by atoms with Crippen molar-refractivity contribution in [2.75, 3.05) is 0 Å². The largest absolute Gasteiger partial charge is 0.309 e. The van der Waals surface area contributed by atoms with Crippen LogP contribution in [0, 0.1) is 0 Å². The molecule has 0 radical (unpaired) electrons. The molecule has 0 saturated heterocycles. The lowest BCUT2D eigenvalue weighted by Crippen LogP contribution is -2.16. The predicted octanol–water partition coefficient (Wildman–Crippen LogP) is 15.2. The van der Waals surface area contributed by atoms with Gasteiger partial charge in [0.15, 0.2) is 0 Å². The lowest BCUT2D eigenvalue weighted by atomic mass is 9.81. The molecule has 59 heavy (non-hydrogen) atoms. The standard InChI is InChI=1S/C57H40N2/c1-57(2)51-22-11-9-20-45(51)47-30-31-48-50-36-42(27-33-54(50)59(56(48)55(47)57)43-28-24-39(25-29-43)37-14-5-3-6-15-37)41-26-32-53-49(35-41)46-21-10-12-23-52(46)58(53)44-19-13-18-40(34-44)38-16-7-4-8-17-38/h3-36H,1-2H3. The van der Waals surface area contributed by atoms with Crippen molar-refractivity contribution in [3.05, 3.63) is 217 Å². The minimum atomic E-state index is -0.162. The molecule has 0 saturated carbocycles. The van der Waals surface area contributed by atoms with E-state index in [1.807, 2.05) is 0 Å². The molecule has 0 N–H and O–H groups in total. The van der Waals surface area contributed by atoms with Crippen LogP contribution >= 0.6 is 0 Å². The molecule has 0 spiro atoms. The van der Waals surface area contributed by atoms with E-state index in [-0.39, 0.29) is 5.41 Å². The van der Waals surface area contributed by atoms with Crippen molar-refractivity contribution in [2.45, 2.75) is 19.3 Å². The van der Waals surface area contributed by atoms with Gasteiger partial charge in [0.05, 0.1) is 22.1 Å². The summed E-state index contributed by atoms with van der Waals surface area (Å²) in [6, 6.07) is 76.0. The highest BCUT2D eigenvalue weighted by molar-refractivity contribution is 6.15.